The number of para-hydroxylation sites is 2. The van der Waals surface area contributed by atoms with Crippen LogP contribution in [0.4, 0.5) is 11.6 Å². The number of halogens is 1. The van der Waals surface area contributed by atoms with E-state index in [0.29, 0.717) is 18.3 Å². The molecule has 0 aliphatic heterocycles. The van der Waals surface area contributed by atoms with Gasteiger partial charge in [-0.25, -0.2) is 0 Å². The van der Waals surface area contributed by atoms with Gasteiger partial charge in [-0.3, -0.25) is 0 Å². The molecule has 0 unspecified atom stereocenters. The number of hydrogen-bond acceptors (Lipinski definition) is 6. The largest absolute Gasteiger partial charge is 0.492 e. The minimum absolute atomic E-state index is 0.0586. The summed E-state index contributed by atoms with van der Waals surface area (Å²) >= 11 is 5.78. The predicted molar refractivity (Wildman–Crippen MR) is 72.3 cm³/mol. The van der Waals surface area contributed by atoms with Crippen LogP contribution in [0.25, 0.3) is 0 Å². The second-order valence-electron chi connectivity index (χ2n) is 3.47. The minimum Gasteiger partial charge on any atom is -0.492 e. The molecule has 100 valence electrons. The number of hydrogen-bond donors (Lipinski definition) is 1. The van der Waals surface area contributed by atoms with Gasteiger partial charge in [0.05, 0.1) is 19.4 Å². The Hall–Kier alpha value is -2.08. The number of nitrogens with one attached hydrogen (secondary N) is 1. The van der Waals surface area contributed by atoms with E-state index in [1.807, 2.05) is 31.2 Å². The maximum atomic E-state index is 5.78. The summed E-state index contributed by atoms with van der Waals surface area (Å²) < 4.78 is 10.4. The van der Waals surface area contributed by atoms with Crippen LogP contribution in [0.1, 0.15) is 6.92 Å². The van der Waals surface area contributed by atoms with Crippen molar-refractivity contribution in [1.29, 1.82) is 0 Å². The Balaban J connectivity index is 2.28. The maximum absolute atomic E-state index is 5.78. The monoisotopic (exact) mass is 280 g/mol. The summed E-state index contributed by atoms with van der Waals surface area (Å²) in [5.41, 5.74) is 0.744. The predicted octanol–water partition coefficient (Wildman–Crippen LogP) is 2.68. The van der Waals surface area contributed by atoms with E-state index in [2.05, 4.69) is 20.3 Å². The number of aromatic nitrogens is 3. The third-order valence-corrected chi connectivity index (χ3v) is 2.37. The van der Waals surface area contributed by atoms with Crippen LogP contribution in [0.2, 0.25) is 5.28 Å². The third-order valence-electron chi connectivity index (χ3n) is 2.20. The molecule has 0 atom stereocenters. The van der Waals surface area contributed by atoms with Gasteiger partial charge < -0.3 is 14.8 Å². The van der Waals surface area contributed by atoms with Crippen LogP contribution < -0.4 is 14.8 Å². The molecule has 0 fully saturated rings. The average Bonchev–Trinajstić information content (AvgIpc) is 2.40. The fourth-order valence-corrected chi connectivity index (χ4v) is 1.60. The van der Waals surface area contributed by atoms with E-state index < -0.39 is 0 Å². The molecule has 1 N–H and O–H groups in total. The molecule has 19 heavy (non-hydrogen) atoms. The lowest BCUT2D eigenvalue weighted by atomic mass is 10.3. The molecule has 0 saturated heterocycles. The molecule has 1 aromatic heterocycles. The molecule has 1 aromatic carbocycles. The molecule has 0 amide bonds. The Bertz CT molecular complexity index is 565. The first-order valence-electron chi connectivity index (χ1n) is 5.67. The summed E-state index contributed by atoms with van der Waals surface area (Å²) in [5.74, 6) is 1.00. The van der Waals surface area contributed by atoms with Crippen molar-refractivity contribution >= 4 is 23.2 Å². The molecule has 1 heterocycles. The van der Waals surface area contributed by atoms with Crippen LogP contribution in [0.5, 0.6) is 11.8 Å². The second-order valence-corrected chi connectivity index (χ2v) is 3.81. The zero-order valence-corrected chi connectivity index (χ0v) is 11.3. The van der Waals surface area contributed by atoms with Crippen molar-refractivity contribution in [3.63, 3.8) is 0 Å². The summed E-state index contributed by atoms with van der Waals surface area (Å²) in [6, 6.07) is 7.62. The lowest BCUT2D eigenvalue weighted by Gasteiger charge is -2.11. The van der Waals surface area contributed by atoms with Gasteiger partial charge in [0, 0.05) is 0 Å². The van der Waals surface area contributed by atoms with Crippen molar-refractivity contribution in [2.45, 2.75) is 6.92 Å². The molecular formula is C12H13ClN4O2. The van der Waals surface area contributed by atoms with E-state index in [1.165, 1.54) is 7.11 Å². The van der Waals surface area contributed by atoms with Gasteiger partial charge in [0.1, 0.15) is 5.75 Å². The second kappa shape index (κ2) is 6.19. The van der Waals surface area contributed by atoms with Crippen molar-refractivity contribution in [2.75, 3.05) is 19.0 Å². The number of methoxy groups -OCH3 is 1. The molecule has 2 aromatic rings. The molecule has 2 rings (SSSR count). The quantitative estimate of drug-likeness (QED) is 0.908. The lowest BCUT2D eigenvalue weighted by molar-refractivity contribution is 0.342. The van der Waals surface area contributed by atoms with E-state index in [-0.39, 0.29) is 11.3 Å². The highest BCUT2D eigenvalue weighted by Crippen LogP contribution is 2.26. The Morgan fingerprint density at radius 3 is 2.74 bits per heavy atom. The van der Waals surface area contributed by atoms with Crippen LogP contribution >= 0.6 is 11.6 Å². The zero-order chi connectivity index (χ0) is 13.7. The highest BCUT2D eigenvalue weighted by atomic mass is 35.5. The normalized spacial score (nSPS) is 10.1. The standard InChI is InChI=1S/C12H13ClN4O2/c1-3-19-9-7-5-4-6-8(9)14-11-15-10(13)16-12(17-11)18-2/h4-7H,3H2,1-2H3,(H,14,15,16,17). The fraction of sp³-hybridized carbons (Fsp3) is 0.250. The Kier molecular flexibility index (Phi) is 4.35. The summed E-state index contributed by atoms with van der Waals surface area (Å²) in [4.78, 5) is 11.8. The molecule has 6 nitrogen and oxygen atoms in total. The molecule has 0 aliphatic carbocycles. The highest BCUT2D eigenvalue weighted by Gasteiger charge is 2.08. The van der Waals surface area contributed by atoms with Crippen LogP contribution in [0.15, 0.2) is 24.3 Å². The number of rotatable bonds is 5. The van der Waals surface area contributed by atoms with Crippen molar-refractivity contribution in [3.05, 3.63) is 29.5 Å². The number of ether oxygens (including phenoxy) is 2. The van der Waals surface area contributed by atoms with E-state index >= 15 is 0 Å². The molecule has 0 aliphatic rings. The number of benzene rings is 1. The van der Waals surface area contributed by atoms with Gasteiger partial charge in [-0.15, -0.1) is 0 Å². The van der Waals surface area contributed by atoms with E-state index in [1.54, 1.807) is 0 Å². The van der Waals surface area contributed by atoms with E-state index in [9.17, 15) is 0 Å². The SMILES string of the molecule is CCOc1ccccc1Nc1nc(Cl)nc(OC)n1. The highest BCUT2D eigenvalue weighted by molar-refractivity contribution is 6.28. The van der Waals surface area contributed by atoms with Gasteiger partial charge in [-0.2, -0.15) is 15.0 Å². The third kappa shape index (κ3) is 3.45. The number of anilines is 2. The zero-order valence-electron chi connectivity index (χ0n) is 10.6. The smallest absolute Gasteiger partial charge is 0.322 e. The Morgan fingerprint density at radius 2 is 2.00 bits per heavy atom. The van der Waals surface area contributed by atoms with Gasteiger partial charge >= 0.3 is 6.01 Å². The molecular weight excluding hydrogens is 268 g/mol. The lowest BCUT2D eigenvalue weighted by Crippen LogP contribution is -2.03. The molecule has 0 saturated carbocycles. The summed E-state index contributed by atoms with van der Waals surface area (Å²) in [7, 11) is 1.46. The summed E-state index contributed by atoms with van der Waals surface area (Å²) in [6.07, 6.45) is 0. The van der Waals surface area contributed by atoms with Crippen LogP contribution in [0, 0.1) is 0 Å². The van der Waals surface area contributed by atoms with Gasteiger partial charge in [-0.05, 0) is 30.7 Å². The fourth-order valence-electron chi connectivity index (χ4n) is 1.45. The van der Waals surface area contributed by atoms with Crippen molar-refractivity contribution in [3.8, 4) is 11.8 Å². The van der Waals surface area contributed by atoms with Gasteiger partial charge in [0.25, 0.3) is 0 Å². The first-order chi connectivity index (χ1) is 9.22. The first kappa shape index (κ1) is 13.4. The topological polar surface area (TPSA) is 69.2 Å². The van der Waals surface area contributed by atoms with Crippen molar-refractivity contribution in [1.82, 2.24) is 15.0 Å². The van der Waals surface area contributed by atoms with Gasteiger partial charge in [0.15, 0.2) is 0 Å². The van der Waals surface area contributed by atoms with Gasteiger partial charge in [-0.1, -0.05) is 12.1 Å². The molecule has 7 heteroatoms. The Labute approximate surface area is 115 Å². The van der Waals surface area contributed by atoms with Gasteiger partial charge in [0.2, 0.25) is 11.2 Å². The molecule has 0 bridgehead atoms. The molecule has 0 radical (unpaired) electrons. The minimum atomic E-state index is 0.0586. The average molecular weight is 281 g/mol. The summed E-state index contributed by atoms with van der Waals surface area (Å²) in [5, 5.41) is 3.08. The van der Waals surface area contributed by atoms with E-state index in [0.717, 1.165) is 5.69 Å². The van der Waals surface area contributed by atoms with Crippen LogP contribution in [-0.2, 0) is 0 Å². The Morgan fingerprint density at radius 1 is 1.21 bits per heavy atom. The number of nitrogens with zero attached hydrogens (tertiary/aromatic N) is 3. The van der Waals surface area contributed by atoms with Crippen molar-refractivity contribution in [2.24, 2.45) is 0 Å². The van der Waals surface area contributed by atoms with Crippen LogP contribution in [-0.4, -0.2) is 28.7 Å². The van der Waals surface area contributed by atoms with Crippen LogP contribution in [0.3, 0.4) is 0 Å². The van der Waals surface area contributed by atoms with Crippen molar-refractivity contribution < 1.29 is 9.47 Å². The molecule has 0 spiro atoms. The van der Waals surface area contributed by atoms with E-state index in [4.69, 9.17) is 21.1 Å². The first-order valence-corrected chi connectivity index (χ1v) is 6.05. The summed E-state index contributed by atoms with van der Waals surface area (Å²) in [6.45, 7) is 2.49. The maximum Gasteiger partial charge on any atom is 0.322 e.